The number of carbonyl (C=O) groups is 2. The first-order valence-corrected chi connectivity index (χ1v) is 14.4. The van der Waals surface area contributed by atoms with Gasteiger partial charge in [0, 0.05) is 49.3 Å². The monoisotopic (exact) mass is 586 g/mol. The highest BCUT2D eigenvalue weighted by Gasteiger charge is 2.36. The Bertz CT molecular complexity index is 1440. The van der Waals surface area contributed by atoms with Crippen molar-refractivity contribution in [2.75, 3.05) is 67.3 Å². The Morgan fingerprint density at radius 1 is 0.907 bits per heavy atom. The van der Waals surface area contributed by atoms with E-state index in [1.165, 1.54) is 5.01 Å². The van der Waals surface area contributed by atoms with E-state index in [9.17, 15) is 9.59 Å². The van der Waals surface area contributed by atoms with Gasteiger partial charge in [0.15, 0.2) is 0 Å². The molecule has 0 saturated carbocycles. The van der Waals surface area contributed by atoms with Crippen molar-refractivity contribution < 1.29 is 28.5 Å². The first kappa shape index (κ1) is 30.1. The summed E-state index contributed by atoms with van der Waals surface area (Å²) in [6.45, 7) is 3.77. The number of hydrogen-bond acceptors (Lipinski definition) is 8. The van der Waals surface area contributed by atoms with Crippen molar-refractivity contribution in [3.05, 3.63) is 89.5 Å². The minimum absolute atomic E-state index is 0.129. The largest absolute Gasteiger partial charge is 0.497 e. The van der Waals surface area contributed by atoms with E-state index in [1.807, 2.05) is 48.5 Å². The van der Waals surface area contributed by atoms with Crippen LogP contribution in [-0.2, 0) is 9.53 Å². The molecular weight excluding hydrogens is 548 g/mol. The summed E-state index contributed by atoms with van der Waals surface area (Å²) in [7, 11) is 4.82. The van der Waals surface area contributed by atoms with Gasteiger partial charge >= 0.3 is 0 Å². The lowest BCUT2D eigenvalue weighted by Gasteiger charge is -2.31. The van der Waals surface area contributed by atoms with E-state index in [0.717, 1.165) is 29.9 Å². The summed E-state index contributed by atoms with van der Waals surface area (Å²) in [6, 6.07) is 21.8. The Hall–Kier alpha value is -4.41. The van der Waals surface area contributed by atoms with Gasteiger partial charge in [0.2, 0.25) is 0 Å². The second kappa shape index (κ2) is 14.2. The molecule has 0 radical (unpaired) electrons. The summed E-state index contributed by atoms with van der Waals surface area (Å²) < 4.78 is 21.8. The minimum Gasteiger partial charge on any atom is -0.497 e. The van der Waals surface area contributed by atoms with Crippen LogP contribution < -0.4 is 14.2 Å². The quantitative estimate of drug-likeness (QED) is 0.337. The van der Waals surface area contributed by atoms with Crippen molar-refractivity contribution in [3.8, 4) is 17.2 Å². The highest BCUT2D eigenvalue weighted by Crippen LogP contribution is 2.38. The van der Waals surface area contributed by atoms with Crippen LogP contribution in [0.4, 0.5) is 0 Å². The Kier molecular flexibility index (Phi) is 9.91. The zero-order valence-corrected chi connectivity index (χ0v) is 24.9. The van der Waals surface area contributed by atoms with Crippen molar-refractivity contribution in [1.29, 1.82) is 0 Å². The van der Waals surface area contributed by atoms with Crippen molar-refractivity contribution >= 4 is 17.5 Å². The Labute approximate surface area is 252 Å². The van der Waals surface area contributed by atoms with E-state index in [1.54, 1.807) is 50.5 Å². The summed E-state index contributed by atoms with van der Waals surface area (Å²) in [6.07, 6.45) is 0.486. The molecule has 226 valence electrons. The summed E-state index contributed by atoms with van der Waals surface area (Å²) in [4.78, 5) is 31.8. The molecule has 5 rings (SSSR count). The number of amides is 2. The summed E-state index contributed by atoms with van der Waals surface area (Å²) >= 11 is 0. The number of carbonyl (C=O) groups excluding carboxylic acids is 2. The molecule has 2 amide bonds. The number of para-hydroxylation sites is 1. The first-order valence-electron chi connectivity index (χ1n) is 14.4. The van der Waals surface area contributed by atoms with Gasteiger partial charge in [0.1, 0.15) is 23.8 Å². The van der Waals surface area contributed by atoms with Gasteiger partial charge in [-0.2, -0.15) is 5.10 Å². The summed E-state index contributed by atoms with van der Waals surface area (Å²) in [5, 5.41) is 6.34. The van der Waals surface area contributed by atoms with Crippen LogP contribution in [-0.4, -0.2) is 99.6 Å². The number of rotatable bonds is 11. The standard InChI is InChI=1S/C33H38N4O6/c1-40-26-13-11-24(12-14-26)33(39)36(16-15-35-17-19-43-20-18-35)23-32(38)37-30(28-9-4-5-10-31(28)42-3)22-29(34-37)25-7-6-8-27(21-25)41-2/h4-14,21,30H,15-20,22-23H2,1-3H3. The molecular formula is C33H38N4O6. The molecule has 3 aromatic rings. The van der Waals surface area contributed by atoms with E-state index in [4.69, 9.17) is 24.0 Å². The fourth-order valence-electron chi connectivity index (χ4n) is 5.39. The zero-order chi connectivity index (χ0) is 30.2. The highest BCUT2D eigenvalue weighted by atomic mass is 16.5. The van der Waals surface area contributed by atoms with Gasteiger partial charge in [0.25, 0.3) is 11.8 Å². The molecule has 2 heterocycles. The maximum absolute atomic E-state index is 14.1. The smallest absolute Gasteiger partial charge is 0.262 e. The third kappa shape index (κ3) is 7.15. The highest BCUT2D eigenvalue weighted by molar-refractivity contribution is 6.04. The predicted molar refractivity (Wildman–Crippen MR) is 163 cm³/mol. The molecule has 10 nitrogen and oxygen atoms in total. The molecule has 0 aliphatic carbocycles. The van der Waals surface area contributed by atoms with Crippen LogP contribution in [0.15, 0.2) is 77.9 Å². The van der Waals surface area contributed by atoms with Crippen molar-refractivity contribution in [2.24, 2.45) is 5.10 Å². The van der Waals surface area contributed by atoms with E-state index >= 15 is 0 Å². The number of benzene rings is 3. The molecule has 1 fully saturated rings. The van der Waals surface area contributed by atoms with Gasteiger partial charge in [-0.05, 0) is 42.5 Å². The lowest BCUT2D eigenvalue weighted by molar-refractivity contribution is -0.133. The van der Waals surface area contributed by atoms with Crippen LogP contribution in [0.5, 0.6) is 17.2 Å². The second-order valence-electron chi connectivity index (χ2n) is 10.4. The van der Waals surface area contributed by atoms with Crippen LogP contribution in [0, 0.1) is 0 Å². The van der Waals surface area contributed by atoms with Gasteiger partial charge in [-0.15, -0.1) is 0 Å². The average molecular weight is 587 g/mol. The van der Waals surface area contributed by atoms with Crippen LogP contribution in [0.1, 0.15) is 33.9 Å². The molecule has 1 saturated heterocycles. The molecule has 1 atom stereocenters. The van der Waals surface area contributed by atoms with Gasteiger partial charge in [0.05, 0.1) is 46.3 Å². The van der Waals surface area contributed by atoms with E-state index < -0.39 is 6.04 Å². The zero-order valence-electron chi connectivity index (χ0n) is 24.9. The number of nitrogens with zero attached hydrogens (tertiary/aromatic N) is 4. The molecule has 2 aliphatic heterocycles. The lowest BCUT2D eigenvalue weighted by Crippen LogP contribution is -2.46. The molecule has 1 unspecified atom stereocenters. The predicted octanol–water partition coefficient (Wildman–Crippen LogP) is 3.86. The maximum atomic E-state index is 14.1. The molecule has 2 aliphatic rings. The van der Waals surface area contributed by atoms with Crippen molar-refractivity contribution in [3.63, 3.8) is 0 Å². The molecule has 10 heteroatoms. The Balaban J connectivity index is 1.44. The lowest BCUT2D eigenvalue weighted by atomic mass is 9.97. The molecule has 0 N–H and O–H groups in total. The van der Waals surface area contributed by atoms with Crippen LogP contribution in [0.3, 0.4) is 0 Å². The molecule has 0 spiro atoms. The van der Waals surface area contributed by atoms with E-state index in [2.05, 4.69) is 4.90 Å². The molecule has 0 bridgehead atoms. The normalized spacial score (nSPS) is 16.9. The number of ether oxygens (including phenoxy) is 4. The van der Waals surface area contributed by atoms with Crippen LogP contribution in [0.25, 0.3) is 0 Å². The summed E-state index contributed by atoms with van der Waals surface area (Å²) in [5.41, 5.74) is 2.96. The third-order valence-electron chi connectivity index (χ3n) is 7.81. The topological polar surface area (TPSA) is 93.1 Å². The molecule has 43 heavy (non-hydrogen) atoms. The van der Waals surface area contributed by atoms with E-state index in [0.29, 0.717) is 55.5 Å². The fourth-order valence-corrected chi connectivity index (χ4v) is 5.39. The van der Waals surface area contributed by atoms with Gasteiger partial charge in [-0.25, -0.2) is 5.01 Å². The van der Waals surface area contributed by atoms with Gasteiger partial charge in [-0.3, -0.25) is 14.5 Å². The first-order chi connectivity index (χ1) is 21.0. The summed E-state index contributed by atoms with van der Waals surface area (Å²) in [5.74, 6) is 1.53. The number of hydrazone groups is 1. The number of hydrogen-bond donors (Lipinski definition) is 0. The maximum Gasteiger partial charge on any atom is 0.262 e. The Morgan fingerprint density at radius 2 is 1.65 bits per heavy atom. The van der Waals surface area contributed by atoms with Gasteiger partial charge in [-0.1, -0.05) is 30.3 Å². The number of methoxy groups -OCH3 is 3. The average Bonchev–Trinajstić information content (AvgIpc) is 3.52. The van der Waals surface area contributed by atoms with E-state index in [-0.39, 0.29) is 18.4 Å². The van der Waals surface area contributed by atoms with Crippen LogP contribution >= 0.6 is 0 Å². The third-order valence-corrected chi connectivity index (χ3v) is 7.81. The molecule has 3 aromatic carbocycles. The van der Waals surface area contributed by atoms with Gasteiger partial charge < -0.3 is 23.8 Å². The second-order valence-corrected chi connectivity index (χ2v) is 10.4. The fraction of sp³-hybridized carbons (Fsp3) is 0.364. The Morgan fingerprint density at radius 3 is 2.37 bits per heavy atom. The van der Waals surface area contributed by atoms with Crippen molar-refractivity contribution in [1.82, 2.24) is 14.8 Å². The van der Waals surface area contributed by atoms with Crippen LogP contribution in [0.2, 0.25) is 0 Å². The molecule has 0 aromatic heterocycles. The SMILES string of the molecule is COc1ccc(C(=O)N(CCN2CCOCC2)CC(=O)N2N=C(c3cccc(OC)c3)CC2c2ccccc2OC)cc1. The van der Waals surface area contributed by atoms with Crippen molar-refractivity contribution in [2.45, 2.75) is 12.5 Å². The number of morpholine rings is 1. The minimum atomic E-state index is -0.401.